The predicted molar refractivity (Wildman–Crippen MR) is 102 cm³/mol. The summed E-state index contributed by atoms with van der Waals surface area (Å²) in [6, 6.07) is 11.7. The number of halogens is 2. The van der Waals surface area contributed by atoms with E-state index in [1.165, 1.54) is 0 Å². The van der Waals surface area contributed by atoms with E-state index in [1.807, 2.05) is 0 Å². The molecule has 0 unspecified atom stereocenters. The average molecular weight is 396 g/mol. The quantitative estimate of drug-likeness (QED) is 0.506. The van der Waals surface area contributed by atoms with Crippen molar-refractivity contribution in [3.63, 3.8) is 0 Å². The molecule has 1 amide bonds. The molecule has 26 heavy (non-hydrogen) atoms. The molecule has 0 saturated heterocycles. The molecular formula is C19H19Cl2NO4. The first-order valence-corrected chi connectivity index (χ1v) is 8.90. The number of esters is 1. The van der Waals surface area contributed by atoms with Crippen LogP contribution in [0.1, 0.15) is 30.1 Å². The Labute approximate surface area is 162 Å². The number of anilines is 1. The van der Waals surface area contributed by atoms with Gasteiger partial charge in [0.25, 0.3) is 0 Å². The minimum Gasteiger partial charge on any atom is -0.492 e. The molecule has 0 aromatic heterocycles. The SMILES string of the molecule is CCOC(=O)c1ccccc1NC(=O)CCCOc1ccc(Cl)cc1Cl. The summed E-state index contributed by atoms with van der Waals surface area (Å²) in [6.45, 7) is 2.33. The van der Waals surface area contributed by atoms with E-state index < -0.39 is 5.97 Å². The second kappa shape index (κ2) is 10.0. The molecule has 0 aliphatic heterocycles. The van der Waals surface area contributed by atoms with Crippen molar-refractivity contribution >= 4 is 40.8 Å². The van der Waals surface area contributed by atoms with Crippen molar-refractivity contribution in [3.05, 3.63) is 58.1 Å². The molecule has 0 atom stereocenters. The molecule has 0 fully saturated rings. The van der Waals surface area contributed by atoms with E-state index >= 15 is 0 Å². The van der Waals surface area contributed by atoms with E-state index in [0.29, 0.717) is 40.1 Å². The molecule has 2 aromatic carbocycles. The standard InChI is InChI=1S/C19H19Cl2NO4/c1-2-25-19(24)14-6-3-4-7-16(14)22-18(23)8-5-11-26-17-10-9-13(20)12-15(17)21/h3-4,6-7,9-10,12H,2,5,8,11H2,1H3,(H,22,23). The normalized spacial score (nSPS) is 10.3. The van der Waals surface area contributed by atoms with Gasteiger partial charge in [-0.05, 0) is 43.7 Å². The lowest BCUT2D eigenvalue weighted by Crippen LogP contribution is -2.16. The molecule has 5 nitrogen and oxygen atoms in total. The summed E-state index contributed by atoms with van der Waals surface area (Å²) in [7, 11) is 0. The van der Waals surface area contributed by atoms with Gasteiger partial charge in [-0.2, -0.15) is 0 Å². The van der Waals surface area contributed by atoms with Crippen LogP contribution in [0.4, 0.5) is 5.69 Å². The maximum atomic E-state index is 12.1. The van der Waals surface area contributed by atoms with Gasteiger partial charge in [0.15, 0.2) is 0 Å². The van der Waals surface area contributed by atoms with Crippen molar-refractivity contribution in [2.45, 2.75) is 19.8 Å². The number of hydrogen-bond acceptors (Lipinski definition) is 4. The van der Waals surface area contributed by atoms with Gasteiger partial charge in [-0.1, -0.05) is 35.3 Å². The van der Waals surface area contributed by atoms with Gasteiger partial charge in [0.1, 0.15) is 5.75 Å². The van der Waals surface area contributed by atoms with Gasteiger partial charge in [0.2, 0.25) is 5.91 Å². The van der Waals surface area contributed by atoms with Crippen LogP contribution in [0.5, 0.6) is 5.75 Å². The van der Waals surface area contributed by atoms with Crippen LogP contribution < -0.4 is 10.1 Å². The van der Waals surface area contributed by atoms with E-state index in [0.717, 1.165) is 0 Å². The summed E-state index contributed by atoms with van der Waals surface area (Å²) >= 11 is 11.8. The smallest absolute Gasteiger partial charge is 0.340 e. The van der Waals surface area contributed by atoms with Crippen LogP contribution in [0.2, 0.25) is 10.0 Å². The van der Waals surface area contributed by atoms with Crippen molar-refractivity contribution in [2.75, 3.05) is 18.5 Å². The van der Waals surface area contributed by atoms with Gasteiger partial charge >= 0.3 is 5.97 Å². The topological polar surface area (TPSA) is 64.6 Å². The van der Waals surface area contributed by atoms with Crippen LogP contribution in [0.15, 0.2) is 42.5 Å². The van der Waals surface area contributed by atoms with Gasteiger partial charge in [0.05, 0.1) is 29.5 Å². The summed E-state index contributed by atoms with van der Waals surface area (Å²) in [5, 5.41) is 3.68. The maximum Gasteiger partial charge on any atom is 0.340 e. The highest BCUT2D eigenvalue weighted by molar-refractivity contribution is 6.35. The molecule has 2 aromatic rings. The van der Waals surface area contributed by atoms with Gasteiger partial charge in [0, 0.05) is 11.4 Å². The minimum absolute atomic E-state index is 0.215. The lowest BCUT2D eigenvalue weighted by molar-refractivity contribution is -0.116. The monoisotopic (exact) mass is 395 g/mol. The first kappa shape index (κ1) is 20.1. The third-order valence-corrected chi connectivity index (χ3v) is 3.93. The van der Waals surface area contributed by atoms with Gasteiger partial charge in [-0.3, -0.25) is 4.79 Å². The second-order valence-corrected chi connectivity index (χ2v) is 6.18. The Morgan fingerprint density at radius 3 is 2.62 bits per heavy atom. The van der Waals surface area contributed by atoms with Gasteiger partial charge in [-0.15, -0.1) is 0 Å². The van der Waals surface area contributed by atoms with Crippen LogP contribution in [0.25, 0.3) is 0 Å². The number of ether oxygens (including phenoxy) is 2. The molecule has 2 rings (SSSR count). The zero-order valence-corrected chi connectivity index (χ0v) is 15.8. The van der Waals surface area contributed by atoms with E-state index in [2.05, 4.69) is 5.32 Å². The number of hydrogen-bond donors (Lipinski definition) is 1. The van der Waals surface area contributed by atoms with Crippen LogP contribution in [0, 0.1) is 0 Å². The van der Waals surface area contributed by atoms with Crippen LogP contribution in [0.3, 0.4) is 0 Å². The summed E-state index contributed by atoms with van der Waals surface area (Å²) in [5.74, 6) is -0.166. The Morgan fingerprint density at radius 1 is 1.12 bits per heavy atom. The zero-order chi connectivity index (χ0) is 18.9. The lowest BCUT2D eigenvalue weighted by atomic mass is 10.1. The summed E-state index contributed by atoms with van der Waals surface area (Å²) < 4.78 is 10.5. The fraction of sp³-hybridized carbons (Fsp3) is 0.263. The highest BCUT2D eigenvalue weighted by Gasteiger charge is 2.13. The molecule has 7 heteroatoms. The molecule has 0 bridgehead atoms. The summed E-state index contributed by atoms with van der Waals surface area (Å²) in [4.78, 5) is 24.0. The van der Waals surface area contributed by atoms with Crippen molar-refractivity contribution < 1.29 is 19.1 Å². The molecule has 0 spiro atoms. The maximum absolute atomic E-state index is 12.1. The van der Waals surface area contributed by atoms with Crippen molar-refractivity contribution in [1.82, 2.24) is 0 Å². The van der Waals surface area contributed by atoms with Crippen molar-refractivity contribution in [2.24, 2.45) is 0 Å². The van der Waals surface area contributed by atoms with Crippen molar-refractivity contribution in [1.29, 1.82) is 0 Å². The molecule has 138 valence electrons. The molecule has 0 heterocycles. The predicted octanol–water partition coefficient (Wildman–Crippen LogP) is 4.97. The number of benzene rings is 2. The number of nitrogens with one attached hydrogen (secondary N) is 1. The summed E-state index contributed by atoms with van der Waals surface area (Å²) in [6.07, 6.45) is 0.731. The minimum atomic E-state index is -0.468. The Kier molecular flexibility index (Phi) is 7.75. The van der Waals surface area contributed by atoms with Gasteiger partial charge < -0.3 is 14.8 Å². The Bertz CT molecular complexity index is 780. The molecule has 0 aliphatic carbocycles. The number of carbonyl (C=O) groups excluding carboxylic acids is 2. The van der Waals surface area contributed by atoms with Gasteiger partial charge in [-0.25, -0.2) is 4.79 Å². The number of amides is 1. The van der Waals surface area contributed by atoms with Crippen molar-refractivity contribution in [3.8, 4) is 5.75 Å². The second-order valence-electron chi connectivity index (χ2n) is 5.34. The lowest BCUT2D eigenvalue weighted by Gasteiger charge is -2.11. The van der Waals surface area contributed by atoms with E-state index in [4.69, 9.17) is 32.7 Å². The fourth-order valence-electron chi connectivity index (χ4n) is 2.20. The van der Waals surface area contributed by atoms with Crippen LogP contribution in [-0.4, -0.2) is 25.1 Å². The highest BCUT2D eigenvalue weighted by Crippen LogP contribution is 2.27. The summed E-state index contributed by atoms with van der Waals surface area (Å²) in [5.41, 5.74) is 0.754. The van der Waals surface area contributed by atoms with Crippen LogP contribution in [-0.2, 0) is 9.53 Å². The number of para-hydroxylation sites is 1. The van der Waals surface area contributed by atoms with E-state index in [9.17, 15) is 9.59 Å². The third kappa shape index (κ3) is 5.93. The van der Waals surface area contributed by atoms with E-state index in [1.54, 1.807) is 49.4 Å². The number of carbonyl (C=O) groups is 2. The number of rotatable bonds is 8. The zero-order valence-electron chi connectivity index (χ0n) is 14.3. The average Bonchev–Trinajstić information content (AvgIpc) is 2.61. The fourth-order valence-corrected chi connectivity index (χ4v) is 2.66. The Hall–Kier alpha value is -2.24. The first-order chi connectivity index (χ1) is 12.5. The third-order valence-electron chi connectivity index (χ3n) is 3.40. The molecule has 0 radical (unpaired) electrons. The molecule has 0 saturated carbocycles. The molecule has 0 aliphatic rings. The first-order valence-electron chi connectivity index (χ1n) is 8.15. The Balaban J connectivity index is 1.83. The Morgan fingerprint density at radius 2 is 1.88 bits per heavy atom. The highest BCUT2D eigenvalue weighted by atomic mass is 35.5. The van der Waals surface area contributed by atoms with Crippen LogP contribution >= 0.6 is 23.2 Å². The molecular weight excluding hydrogens is 377 g/mol. The largest absolute Gasteiger partial charge is 0.492 e. The van der Waals surface area contributed by atoms with E-state index in [-0.39, 0.29) is 18.9 Å². The molecule has 1 N–H and O–H groups in total.